The van der Waals surface area contributed by atoms with Gasteiger partial charge in [-0.2, -0.15) is 4.31 Å². The van der Waals surface area contributed by atoms with Gasteiger partial charge in [0.1, 0.15) is 11.8 Å². The molecule has 1 saturated heterocycles. The van der Waals surface area contributed by atoms with Crippen molar-refractivity contribution < 1.29 is 27.4 Å². The third kappa shape index (κ3) is 3.47. The number of esters is 1. The highest BCUT2D eigenvalue weighted by Gasteiger charge is 2.40. The van der Waals surface area contributed by atoms with E-state index in [1.165, 1.54) is 28.6 Å². The van der Waals surface area contributed by atoms with Gasteiger partial charge in [0.2, 0.25) is 16.8 Å². The Bertz CT molecular complexity index is 976. The van der Waals surface area contributed by atoms with E-state index in [1.807, 2.05) is 0 Å². The van der Waals surface area contributed by atoms with Crippen molar-refractivity contribution in [3.8, 4) is 17.2 Å². The van der Waals surface area contributed by atoms with Gasteiger partial charge < -0.3 is 14.2 Å². The highest BCUT2D eigenvalue weighted by atomic mass is 35.5. The molecule has 1 fully saturated rings. The third-order valence-corrected chi connectivity index (χ3v) is 6.63. The first-order valence-corrected chi connectivity index (χ1v) is 10.2. The second-order valence-corrected chi connectivity index (χ2v) is 8.49. The smallest absolute Gasteiger partial charge is 0.329 e. The molecule has 27 heavy (non-hydrogen) atoms. The molecule has 0 radical (unpaired) electrons. The number of sulfonamides is 1. The van der Waals surface area contributed by atoms with Gasteiger partial charge in [-0.15, -0.1) is 0 Å². The first-order valence-electron chi connectivity index (χ1n) is 8.34. The molecule has 0 amide bonds. The van der Waals surface area contributed by atoms with Crippen LogP contribution in [0, 0.1) is 0 Å². The van der Waals surface area contributed by atoms with E-state index in [2.05, 4.69) is 0 Å². The van der Waals surface area contributed by atoms with Gasteiger partial charge in [0, 0.05) is 17.6 Å². The summed E-state index contributed by atoms with van der Waals surface area (Å²) in [4.78, 5) is 12.7. The average molecular weight is 410 g/mol. The number of carbonyl (C=O) groups is 1. The van der Waals surface area contributed by atoms with Crippen LogP contribution in [0.4, 0.5) is 0 Å². The van der Waals surface area contributed by atoms with Crippen molar-refractivity contribution in [3.05, 3.63) is 47.5 Å². The fraction of sp³-hybridized carbons (Fsp3) is 0.278. The minimum Gasteiger partial charge on any atom is -0.454 e. The summed E-state index contributed by atoms with van der Waals surface area (Å²) in [5, 5.41) is 0.439. The van der Waals surface area contributed by atoms with Gasteiger partial charge in [-0.05, 0) is 49.2 Å². The van der Waals surface area contributed by atoms with Crippen molar-refractivity contribution in [2.45, 2.75) is 23.8 Å². The molecule has 7 nitrogen and oxygen atoms in total. The molecule has 0 aliphatic carbocycles. The van der Waals surface area contributed by atoms with Crippen LogP contribution in [-0.2, 0) is 14.8 Å². The second kappa shape index (κ2) is 7.03. The van der Waals surface area contributed by atoms with Gasteiger partial charge >= 0.3 is 5.97 Å². The Kier molecular flexibility index (Phi) is 4.71. The van der Waals surface area contributed by atoms with Gasteiger partial charge in [0.25, 0.3) is 0 Å². The molecule has 2 heterocycles. The number of nitrogens with zero attached hydrogens (tertiary/aromatic N) is 1. The van der Waals surface area contributed by atoms with Crippen molar-refractivity contribution >= 4 is 27.6 Å². The number of carbonyl (C=O) groups excluding carboxylic acids is 1. The maximum Gasteiger partial charge on any atom is 0.329 e. The van der Waals surface area contributed by atoms with E-state index in [1.54, 1.807) is 18.2 Å². The zero-order chi connectivity index (χ0) is 19.0. The van der Waals surface area contributed by atoms with E-state index >= 15 is 0 Å². The summed E-state index contributed by atoms with van der Waals surface area (Å²) < 4.78 is 42.9. The van der Waals surface area contributed by atoms with E-state index < -0.39 is 22.0 Å². The maximum atomic E-state index is 12.9. The molecule has 2 aliphatic heterocycles. The highest BCUT2D eigenvalue weighted by molar-refractivity contribution is 7.89. The van der Waals surface area contributed by atoms with Gasteiger partial charge in [0.15, 0.2) is 11.5 Å². The number of hydrogen-bond donors (Lipinski definition) is 0. The molecule has 0 saturated carbocycles. The number of ether oxygens (including phenoxy) is 3. The van der Waals surface area contributed by atoms with Crippen LogP contribution in [-0.4, -0.2) is 38.1 Å². The molecule has 0 N–H and O–H groups in total. The van der Waals surface area contributed by atoms with E-state index in [4.69, 9.17) is 25.8 Å². The van der Waals surface area contributed by atoms with Crippen molar-refractivity contribution in [2.75, 3.05) is 13.3 Å². The molecule has 2 aromatic rings. The number of hydrogen-bond acceptors (Lipinski definition) is 6. The zero-order valence-electron chi connectivity index (χ0n) is 14.1. The molecule has 0 unspecified atom stereocenters. The summed E-state index contributed by atoms with van der Waals surface area (Å²) in [7, 11) is -3.82. The fourth-order valence-electron chi connectivity index (χ4n) is 3.13. The van der Waals surface area contributed by atoms with Crippen LogP contribution in [0.1, 0.15) is 12.8 Å². The summed E-state index contributed by atoms with van der Waals surface area (Å²) in [5.41, 5.74) is 0. The monoisotopic (exact) mass is 409 g/mol. The largest absolute Gasteiger partial charge is 0.454 e. The lowest BCUT2D eigenvalue weighted by Crippen LogP contribution is -2.42. The Morgan fingerprint density at radius 2 is 1.85 bits per heavy atom. The third-order valence-electron chi connectivity index (χ3n) is 4.46. The first kappa shape index (κ1) is 18.1. The summed E-state index contributed by atoms with van der Waals surface area (Å²) in [6.07, 6.45) is 0.976. The lowest BCUT2D eigenvalue weighted by Gasteiger charge is -2.22. The lowest BCUT2D eigenvalue weighted by atomic mass is 10.2. The van der Waals surface area contributed by atoms with Crippen molar-refractivity contribution in [2.24, 2.45) is 0 Å². The van der Waals surface area contributed by atoms with Gasteiger partial charge in [0.05, 0.1) is 4.90 Å². The van der Waals surface area contributed by atoms with Gasteiger partial charge in [-0.25, -0.2) is 13.2 Å². The molecule has 1 atom stereocenters. The highest BCUT2D eigenvalue weighted by Crippen LogP contribution is 2.36. The Morgan fingerprint density at radius 3 is 2.63 bits per heavy atom. The lowest BCUT2D eigenvalue weighted by molar-refractivity contribution is -0.137. The molecule has 0 spiro atoms. The van der Waals surface area contributed by atoms with Crippen LogP contribution in [0.3, 0.4) is 0 Å². The number of fused-ring (bicyclic) bond motifs is 1. The quantitative estimate of drug-likeness (QED) is 0.570. The molecule has 0 bridgehead atoms. The Labute approximate surface area is 161 Å². The van der Waals surface area contributed by atoms with E-state index in [9.17, 15) is 13.2 Å². The summed E-state index contributed by atoms with van der Waals surface area (Å²) in [6.45, 7) is 0.369. The molecule has 2 aromatic carbocycles. The normalized spacial score (nSPS) is 19.2. The topological polar surface area (TPSA) is 82.1 Å². The van der Waals surface area contributed by atoms with Crippen LogP contribution in [0.2, 0.25) is 5.02 Å². The molecular formula is C18H16ClNO6S. The van der Waals surface area contributed by atoms with E-state index in [0.29, 0.717) is 29.4 Å². The standard InChI is InChI=1S/C18H16ClNO6S/c19-12-3-6-14(7-4-12)27(22,23)20-9-1-2-15(20)18(21)26-13-5-8-16-17(10-13)25-11-24-16/h3-8,10,15H,1-2,9,11H2/t15-/m0/s1. The van der Waals surface area contributed by atoms with Crippen molar-refractivity contribution in [3.63, 3.8) is 0 Å². The van der Waals surface area contributed by atoms with Crippen LogP contribution in [0.25, 0.3) is 0 Å². The van der Waals surface area contributed by atoms with Crippen LogP contribution >= 0.6 is 11.6 Å². The minimum atomic E-state index is -3.82. The Hall–Kier alpha value is -2.29. The van der Waals surface area contributed by atoms with Gasteiger partial charge in [-0.3, -0.25) is 0 Å². The molecule has 0 aromatic heterocycles. The number of rotatable bonds is 4. The molecule has 2 aliphatic rings. The predicted octanol–water partition coefficient (Wildman–Crippen LogP) is 2.83. The van der Waals surface area contributed by atoms with E-state index in [-0.39, 0.29) is 24.0 Å². The Balaban J connectivity index is 1.54. The predicted molar refractivity (Wildman–Crippen MR) is 96.6 cm³/mol. The SMILES string of the molecule is O=C(Oc1ccc2c(c1)OCO2)[C@@H]1CCCN1S(=O)(=O)c1ccc(Cl)cc1. The molecule has 4 rings (SSSR count). The summed E-state index contributed by atoms with van der Waals surface area (Å²) in [5.74, 6) is 0.712. The molecule has 9 heteroatoms. The van der Waals surface area contributed by atoms with Crippen molar-refractivity contribution in [1.29, 1.82) is 0 Å². The van der Waals surface area contributed by atoms with Crippen LogP contribution in [0.15, 0.2) is 47.4 Å². The number of halogens is 1. The zero-order valence-corrected chi connectivity index (χ0v) is 15.7. The van der Waals surface area contributed by atoms with Crippen LogP contribution < -0.4 is 14.2 Å². The fourth-order valence-corrected chi connectivity index (χ4v) is 4.90. The first-order chi connectivity index (χ1) is 12.9. The maximum absolute atomic E-state index is 12.9. The van der Waals surface area contributed by atoms with Gasteiger partial charge in [-0.1, -0.05) is 11.6 Å². The Morgan fingerprint density at radius 1 is 1.11 bits per heavy atom. The molecular weight excluding hydrogens is 394 g/mol. The minimum absolute atomic E-state index is 0.0923. The second-order valence-electron chi connectivity index (χ2n) is 6.16. The summed E-state index contributed by atoms with van der Waals surface area (Å²) in [6, 6.07) is 9.76. The molecule has 142 valence electrons. The number of benzene rings is 2. The van der Waals surface area contributed by atoms with E-state index in [0.717, 1.165) is 0 Å². The average Bonchev–Trinajstić information content (AvgIpc) is 3.31. The van der Waals surface area contributed by atoms with Crippen molar-refractivity contribution in [1.82, 2.24) is 4.31 Å². The van der Waals surface area contributed by atoms with Crippen LogP contribution in [0.5, 0.6) is 17.2 Å². The summed E-state index contributed by atoms with van der Waals surface area (Å²) >= 11 is 5.83.